The van der Waals surface area contributed by atoms with Gasteiger partial charge >= 0.3 is 0 Å². The van der Waals surface area contributed by atoms with Gasteiger partial charge in [-0.25, -0.2) is 13.1 Å². The molecule has 0 radical (unpaired) electrons. The second-order valence-electron chi connectivity index (χ2n) is 4.84. The molecule has 0 aliphatic carbocycles. The van der Waals surface area contributed by atoms with Crippen LogP contribution in [0.1, 0.15) is 40.5 Å². The molecule has 0 rings (SSSR count). The van der Waals surface area contributed by atoms with Crippen LogP contribution in [0.15, 0.2) is 0 Å². The molecule has 0 aliphatic rings. The van der Waals surface area contributed by atoms with E-state index in [1.54, 1.807) is 0 Å². The number of halogens is 1. The maximum absolute atomic E-state index is 11.7. The van der Waals surface area contributed by atoms with Crippen LogP contribution >= 0.6 is 11.6 Å². The van der Waals surface area contributed by atoms with Gasteiger partial charge in [0.25, 0.3) is 0 Å². The van der Waals surface area contributed by atoms with Gasteiger partial charge in [-0.2, -0.15) is 0 Å². The highest BCUT2D eigenvalue weighted by Gasteiger charge is 2.27. The molecule has 98 valence electrons. The Balaban J connectivity index is 4.42. The molecule has 0 saturated carbocycles. The molecule has 0 aliphatic heterocycles. The monoisotopic (exact) mass is 269 g/mol. The molecule has 0 fully saturated rings. The Hall–Kier alpha value is 0.200. The third kappa shape index (κ3) is 5.51. The molecule has 0 bridgehead atoms. The van der Waals surface area contributed by atoms with Gasteiger partial charge in [0, 0.05) is 12.4 Å². The highest BCUT2D eigenvalue weighted by atomic mass is 35.5. The molecule has 0 aromatic rings. The Morgan fingerprint density at radius 1 is 1.25 bits per heavy atom. The second-order valence-corrected chi connectivity index (χ2v) is 6.96. The summed E-state index contributed by atoms with van der Waals surface area (Å²) in [7, 11) is -3.15. The summed E-state index contributed by atoms with van der Waals surface area (Å²) in [6.07, 6.45) is 1.77. The maximum atomic E-state index is 11.7. The van der Waals surface area contributed by atoms with Crippen molar-refractivity contribution in [3.05, 3.63) is 0 Å². The molecule has 0 unspecified atom stereocenters. The zero-order chi connectivity index (χ0) is 12.8. The van der Waals surface area contributed by atoms with Crippen molar-refractivity contribution in [2.45, 2.75) is 40.5 Å². The van der Waals surface area contributed by atoms with E-state index in [0.29, 0.717) is 12.4 Å². The van der Waals surface area contributed by atoms with E-state index in [-0.39, 0.29) is 17.1 Å². The first kappa shape index (κ1) is 16.2. The van der Waals surface area contributed by atoms with Gasteiger partial charge in [-0.3, -0.25) is 0 Å². The summed E-state index contributed by atoms with van der Waals surface area (Å²) in [6.45, 7) is 8.32. The Bertz CT molecular complexity index is 276. The van der Waals surface area contributed by atoms with Crippen molar-refractivity contribution in [3.63, 3.8) is 0 Å². The lowest BCUT2D eigenvalue weighted by atomic mass is 9.85. The highest BCUT2D eigenvalue weighted by molar-refractivity contribution is 7.89. The first-order valence-corrected chi connectivity index (χ1v) is 8.03. The molecule has 0 saturated heterocycles. The first-order chi connectivity index (χ1) is 7.31. The van der Waals surface area contributed by atoms with E-state index in [1.807, 2.05) is 27.7 Å². The van der Waals surface area contributed by atoms with Crippen LogP contribution in [-0.4, -0.2) is 26.6 Å². The quantitative estimate of drug-likeness (QED) is 0.689. The van der Waals surface area contributed by atoms with Crippen molar-refractivity contribution >= 4 is 21.6 Å². The predicted molar refractivity (Wildman–Crippen MR) is 70.4 cm³/mol. The first-order valence-electron chi connectivity index (χ1n) is 5.84. The molecule has 1 N–H and O–H groups in total. The Morgan fingerprint density at radius 2 is 1.75 bits per heavy atom. The molecule has 3 nitrogen and oxygen atoms in total. The summed E-state index contributed by atoms with van der Waals surface area (Å²) in [5.74, 6) is 0.814. The second kappa shape index (κ2) is 6.82. The summed E-state index contributed by atoms with van der Waals surface area (Å²) >= 11 is 5.92. The van der Waals surface area contributed by atoms with Gasteiger partial charge in [-0.15, -0.1) is 11.6 Å². The van der Waals surface area contributed by atoms with Crippen molar-refractivity contribution in [3.8, 4) is 0 Å². The molecular weight excluding hydrogens is 246 g/mol. The Labute approximate surface area is 105 Å². The third-order valence-corrected chi connectivity index (χ3v) is 5.26. The predicted octanol–water partition coefficient (Wildman–Crippen LogP) is 2.61. The normalized spacial score (nSPS) is 13.4. The number of rotatable bonds is 8. The number of alkyl halides is 1. The van der Waals surface area contributed by atoms with Crippen molar-refractivity contribution in [1.29, 1.82) is 0 Å². The van der Waals surface area contributed by atoms with E-state index in [0.717, 1.165) is 12.8 Å². The lowest BCUT2D eigenvalue weighted by Gasteiger charge is -2.29. The molecule has 0 atom stereocenters. The van der Waals surface area contributed by atoms with Crippen molar-refractivity contribution in [1.82, 2.24) is 4.72 Å². The Morgan fingerprint density at radius 3 is 2.06 bits per heavy atom. The minimum atomic E-state index is -3.15. The van der Waals surface area contributed by atoms with Crippen LogP contribution in [0.2, 0.25) is 0 Å². The molecular formula is C11H24ClNO2S. The smallest absolute Gasteiger partial charge is 0.211 e. The number of hydrogen-bond acceptors (Lipinski definition) is 2. The van der Waals surface area contributed by atoms with Crippen molar-refractivity contribution in [2.75, 3.05) is 18.2 Å². The van der Waals surface area contributed by atoms with E-state index in [1.165, 1.54) is 0 Å². The van der Waals surface area contributed by atoms with Gasteiger partial charge in [-0.1, -0.05) is 27.7 Å². The molecule has 0 aromatic heterocycles. The lowest BCUT2D eigenvalue weighted by Crippen LogP contribution is -2.39. The van der Waals surface area contributed by atoms with Crippen LogP contribution in [0, 0.1) is 11.3 Å². The van der Waals surface area contributed by atoms with Gasteiger partial charge in [0.05, 0.1) is 5.75 Å². The molecule has 0 amide bonds. The minimum Gasteiger partial charge on any atom is -0.215 e. The SMILES string of the molecule is CCC(CC)(CCl)CNS(=O)(=O)CC(C)C. The Kier molecular flexibility index (Phi) is 6.90. The summed E-state index contributed by atoms with van der Waals surface area (Å²) in [5, 5.41) is 0. The minimum absolute atomic E-state index is 0.106. The van der Waals surface area contributed by atoms with E-state index in [2.05, 4.69) is 4.72 Å². The molecule has 0 spiro atoms. The standard InChI is InChI=1S/C11H24ClNO2S/c1-5-11(6-2,8-12)9-13-16(14,15)7-10(3)4/h10,13H,5-9H2,1-4H3. The number of nitrogens with one attached hydrogen (secondary N) is 1. The van der Waals surface area contributed by atoms with Crippen LogP contribution in [0.5, 0.6) is 0 Å². The number of hydrogen-bond donors (Lipinski definition) is 1. The van der Waals surface area contributed by atoms with Gasteiger partial charge in [0.15, 0.2) is 0 Å². The van der Waals surface area contributed by atoms with Crippen LogP contribution in [0.4, 0.5) is 0 Å². The fraction of sp³-hybridized carbons (Fsp3) is 1.00. The molecule has 5 heteroatoms. The zero-order valence-corrected chi connectivity index (χ0v) is 12.3. The van der Waals surface area contributed by atoms with E-state index >= 15 is 0 Å². The van der Waals surface area contributed by atoms with Gasteiger partial charge < -0.3 is 0 Å². The molecule has 0 aromatic carbocycles. The summed E-state index contributed by atoms with van der Waals surface area (Å²) in [5.41, 5.74) is -0.106. The lowest BCUT2D eigenvalue weighted by molar-refractivity contribution is 0.304. The van der Waals surface area contributed by atoms with Crippen LogP contribution in [-0.2, 0) is 10.0 Å². The molecule has 0 heterocycles. The maximum Gasteiger partial charge on any atom is 0.211 e. The van der Waals surface area contributed by atoms with Crippen molar-refractivity contribution in [2.24, 2.45) is 11.3 Å². The largest absolute Gasteiger partial charge is 0.215 e. The van der Waals surface area contributed by atoms with E-state index < -0.39 is 10.0 Å². The van der Waals surface area contributed by atoms with Gasteiger partial charge in [0.1, 0.15) is 0 Å². The van der Waals surface area contributed by atoms with Crippen LogP contribution in [0.3, 0.4) is 0 Å². The van der Waals surface area contributed by atoms with Crippen LogP contribution < -0.4 is 4.72 Å². The summed E-state index contributed by atoms with van der Waals surface area (Å²) in [6, 6.07) is 0. The fourth-order valence-corrected chi connectivity index (χ4v) is 3.49. The number of sulfonamides is 1. The average Bonchev–Trinajstić information content (AvgIpc) is 2.19. The zero-order valence-electron chi connectivity index (χ0n) is 10.7. The highest BCUT2D eigenvalue weighted by Crippen LogP contribution is 2.27. The third-order valence-electron chi connectivity index (χ3n) is 3.00. The average molecular weight is 270 g/mol. The fourth-order valence-electron chi connectivity index (χ4n) is 1.50. The van der Waals surface area contributed by atoms with Crippen molar-refractivity contribution < 1.29 is 8.42 Å². The molecule has 16 heavy (non-hydrogen) atoms. The van der Waals surface area contributed by atoms with Gasteiger partial charge in [-0.05, 0) is 24.2 Å². The van der Waals surface area contributed by atoms with Gasteiger partial charge in [0.2, 0.25) is 10.0 Å². The van der Waals surface area contributed by atoms with E-state index in [9.17, 15) is 8.42 Å². The van der Waals surface area contributed by atoms with E-state index in [4.69, 9.17) is 11.6 Å². The summed E-state index contributed by atoms with van der Waals surface area (Å²) < 4.78 is 26.0. The van der Waals surface area contributed by atoms with Crippen LogP contribution in [0.25, 0.3) is 0 Å². The summed E-state index contributed by atoms with van der Waals surface area (Å²) in [4.78, 5) is 0. The topological polar surface area (TPSA) is 46.2 Å².